The van der Waals surface area contributed by atoms with Gasteiger partial charge in [0.15, 0.2) is 0 Å². The number of carboxylic acids is 1. The average molecular weight is 501 g/mol. The van der Waals surface area contributed by atoms with Crippen molar-refractivity contribution in [2.45, 2.75) is 18.9 Å². The zero-order valence-corrected chi connectivity index (χ0v) is 18.8. The molecule has 1 fully saturated rings. The maximum absolute atomic E-state index is 13.1. The molecule has 0 spiro atoms. The summed E-state index contributed by atoms with van der Waals surface area (Å²) in [5.41, 5.74) is 1.31. The standard InChI is InChI=1S/C23H21BrN2O6/c1-32-18-8-2-15(3-9-18)12-13-25(20(27)10-11-22(29)30)19-14-21(28)26(23(19)31)17-6-4-16(24)5-7-17/h2-11,19H,12-14H2,1H3,(H,29,30)/b11-10+/t19-/m1/s1. The van der Waals surface area contributed by atoms with Crippen molar-refractivity contribution >= 4 is 45.3 Å². The van der Waals surface area contributed by atoms with Crippen molar-refractivity contribution in [1.29, 1.82) is 0 Å². The van der Waals surface area contributed by atoms with Gasteiger partial charge in [-0.25, -0.2) is 9.69 Å². The zero-order valence-electron chi connectivity index (χ0n) is 17.2. The van der Waals surface area contributed by atoms with E-state index in [1.165, 1.54) is 4.90 Å². The zero-order chi connectivity index (χ0) is 23.3. The Labute approximate surface area is 193 Å². The minimum absolute atomic E-state index is 0.132. The highest BCUT2D eigenvalue weighted by molar-refractivity contribution is 9.10. The molecule has 0 unspecified atom stereocenters. The molecule has 166 valence electrons. The number of carbonyl (C=O) groups excluding carboxylic acids is 3. The van der Waals surface area contributed by atoms with Crippen molar-refractivity contribution in [2.75, 3.05) is 18.6 Å². The van der Waals surface area contributed by atoms with E-state index < -0.39 is 29.7 Å². The van der Waals surface area contributed by atoms with E-state index in [9.17, 15) is 19.2 Å². The third-order valence-electron chi connectivity index (χ3n) is 5.04. The predicted molar refractivity (Wildman–Crippen MR) is 120 cm³/mol. The van der Waals surface area contributed by atoms with E-state index in [2.05, 4.69) is 15.9 Å². The van der Waals surface area contributed by atoms with E-state index in [4.69, 9.17) is 9.84 Å². The van der Waals surface area contributed by atoms with E-state index >= 15 is 0 Å². The van der Waals surface area contributed by atoms with Crippen molar-refractivity contribution in [3.05, 3.63) is 70.7 Å². The summed E-state index contributed by atoms with van der Waals surface area (Å²) in [7, 11) is 1.56. The number of hydrogen-bond acceptors (Lipinski definition) is 5. The molecular formula is C23H21BrN2O6. The SMILES string of the molecule is COc1ccc(CCN(C(=O)/C=C/C(=O)O)[C@@H]2CC(=O)N(c3ccc(Br)cc3)C2=O)cc1. The van der Waals surface area contributed by atoms with Gasteiger partial charge in [-0.15, -0.1) is 0 Å². The Bertz CT molecular complexity index is 1050. The minimum atomic E-state index is -1.28. The third-order valence-corrected chi connectivity index (χ3v) is 5.56. The van der Waals surface area contributed by atoms with Crippen LogP contribution < -0.4 is 9.64 Å². The first-order valence-electron chi connectivity index (χ1n) is 9.77. The Morgan fingerprint density at radius 1 is 1.12 bits per heavy atom. The maximum atomic E-state index is 13.1. The van der Waals surface area contributed by atoms with Gasteiger partial charge in [0.2, 0.25) is 11.8 Å². The first-order valence-corrected chi connectivity index (χ1v) is 10.6. The van der Waals surface area contributed by atoms with Gasteiger partial charge in [0, 0.05) is 23.2 Å². The van der Waals surface area contributed by atoms with Gasteiger partial charge < -0.3 is 14.7 Å². The Hall–Kier alpha value is -3.46. The molecule has 32 heavy (non-hydrogen) atoms. The van der Waals surface area contributed by atoms with Gasteiger partial charge in [0.1, 0.15) is 11.8 Å². The van der Waals surface area contributed by atoms with E-state index in [-0.39, 0.29) is 13.0 Å². The lowest BCUT2D eigenvalue weighted by Gasteiger charge is -2.26. The van der Waals surface area contributed by atoms with Crippen LogP contribution in [0.4, 0.5) is 5.69 Å². The van der Waals surface area contributed by atoms with Crippen molar-refractivity contribution in [2.24, 2.45) is 0 Å². The van der Waals surface area contributed by atoms with Crippen LogP contribution in [0.5, 0.6) is 5.75 Å². The fraction of sp³-hybridized carbons (Fsp3) is 0.217. The number of halogens is 1. The van der Waals surface area contributed by atoms with Gasteiger partial charge in [-0.05, 0) is 48.4 Å². The minimum Gasteiger partial charge on any atom is -0.497 e. The van der Waals surface area contributed by atoms with Crippen LogP contribution in [0, 0.1) is 0 Å². The Morgan fingerprint density at radius 2 is 1.78 bits per heavy atom. The summed E-state index contributed by atoms with van der Waals surface area (Å²) in [5.74, 6) is -2.19. The summed E-state index contributed by atoms with van der Waals surface area (Å²) < 4.78 is 5.93. The fourth-order valence-corrected chi connectivity index (χ4v) is 3.68. The van der Waals surface area contributed by atoms with E-state index in [0.29, 0.717) is 17.9 Å². The van der Waals surface area contributed by atoms with Crippen molar-refractivity contribution < 1.29 is 29.0 Å². The molecule has 0 saturated carbocycles. The van der Waals surface area contributed by atoms with Crippen LogP contribution in [0.25, 0.3) is 0 Å². The normalized spacial score (nSPS) is 15.9. The first-order chi connectivity index (χ1) is 15.3. The van der Waals surface area contributed by atoms with Crippen LogP contribution in [-0.2, 0) is 25.6 Å². The van der Waals surface area contributed by atoms with Crippen molar-refractivity contribution in [3.63, 3.8) is 0 Å². The smallest absolute Gasteiger partial charge is 0.328 e. The number of aliphatic carboxylic acids is 1. The number of anilines is 1. The number of ether oxygens (including phenoxy) is 1. The topological polar surface area (TPSA) is 104 Å². The maximum Gasteiger partial charge on any atom is 0.328 e. The highest BCUT2D eigenvalue weighted by Crippen LogP contribution is 2.27. The summed E-state index contributed by atoms with van der Waals surface area (Å²) in [6.07, 6.45) is 1.85. The van der Waals surface area contributed by atoms with Gasteiger partial charge >= 0.3 is 5.97 Å². The quantitative estimate of drug-likeness (QED) is 0.441. The van der Waals surface area contributed by atoms with Crippen LogP contribution in [-0.4, -0.2) is 53.4 Å². The highest BCUT2D eigenvalue weighted by atomic mass is 79.9. The largest absolute Gasteiger partial charge is 0.497 e. The molecule has 1 atom stereocenters. The number of imide groups is 1. The summed E-state index contributed by atoms with van der Waals surface area (Å²) in [6, 6.07) is 12.9. The highest BCUT2D eigenvalue weighted by Gasteiger charge is 2.43. The van der Waals surface area contributed by atoms with Crippen molar-refractivity contribution in [1.82, 2.24) is 4.90 Å². The number of benzene rings is 2. The van der Waals surface area contributed by atoms with E-state index in [1.807, 2.05) is 12.1 Å². The van der Waals surface area contributed by atoms with Gasteiger partial charge in [-0.2, -0.15) is 0 Å². The van der Waals surface area contributed by atoms with Gasteiger partial charge in [-0.1, -0.05) is 28.1 Å². The molecule has 0 aromatic heterocycles. The fourth-order valence-electron chi connectivity index (χ4n) is 3.42. The third kappa shape index (κ3) is 5.42. The lowest BCUT2D eigenvalue weighted by atomic mass is 10.1. The molecule has 0 radical (unpaired) electrons. The molecule has 0 aliphatic carbocycles. The van der Waals surface area contributed by atoms with Crippen LogP contribution in [0.15, 0.2) is 65.2 Å². The second-order valence-corrected chi connectivity index (χ2v) is 7.98. The Kier molecular flexibility index (Phi) is 7.42. The predicted octanol–water partition coefficient (Wildman–Crippen LogP) is 2.80. The lowest BCUT2D eigenvalue weighted by Crippen LogP contribution is -2.45. The van der Waals surface area contributed by atoms with Crippen molar-refractivity contribution in [3.8, 4) is 5.75 Å². The van der Waals surface area contributed by atoms with Crippen LogP contribution in [0.3, 0.4) is 0 Å². The number of nitrogens with zero attached hydrogens (tertiary/aromatic N) is 2. The van der Waals surface area contributed by atoms with Gasteiger partial charge in [0.05, 0.1) is 19.2 Å². The molecule has 0 bridgehead atoms. The molecule has 3 amide bonds. The second-order valence-electron chi connectivity index (χ2n) is 7.07. The molecule has 1 N–H and O–H groups in total. The number of carbonyl (C=O) groups is 4. The summed E-state index contributed by atoms with van der Waals surface area (Å²) in [6.45, 7) is 0.132. The van der Waals surface area contributed by atoms with Crippen LogP contribution in [0.2, 0.25) is 0 Å². The molecule has 1 aliphatic rings. The molecule has 3 rings (SSSR count). The number of rotatable bonds is 8. The number of carboxylic acid groups (broad SMARTS) is 1. The second kappa shape index (κ2) is 10.2. The first kappa shape index (κ1) is 23.2. The Balaban J connectivity index is 1.83. The molecule has 1 heterocycles. The average Bonchev–Trinajstić information content (AvgIpc) is 3.07. The monoisotopic (exact) mass is 500 g/mol. The Morgan fingerprint density at radius 3 is 2.38 bits per heavy atom. The molecule has 1 saturated heterocycles. The molecule has 9 heteroatoms. The number of amides is 3. The molecule has 2 aromatic carbocycles. The molecule has 2 aromatic rings. The van der Waals surface area contributed by atoms with E-state index in [1.54, 1.807) is 43.5 Å². The van der Waals surface area contributed by atoms with Gasteiger partial charge in [-0.3, -0.25) is 14.4 Å². The van der Waals surface area contributed by atoms with E-state index in [0.717, 1.165) is 27.1 Å². The van der Waals surface area contributed by atoms with Crippen LogP contribution in [0.1, 0.15) is 12.0 Å². The molecule has 1 aliphatic heterocycles. The summed E-state index contributed by atoms with van der Waals surface area (Å²) in [5, 5.41) is 8.87. The summed E-state index contributed by atoms with van der Waals surface area (Å²) >= 11 is 3.31. The number of methoxy groups -OCH3 is 1. The van der Waals surface area contributed by atoms with Gasteiger partial charge in [0.25, 0.3) is 5.91 Å². The molecule has 8 nitrogen and oxygen atoms in total. The lowest BCUT2D eigenvalue weighted by molar-refractivity contribution is -0.135. The summed E-state index contributed by atoms with van der Waals surface area (Å²) in [4.78, 5) is 51.7. The van der Waals surface area contributed by atoms with Crippen LogP contribution >= 0.6 is 15.9 Å². The molecular weight excluding hydrogens is 480 g/mol. The number of hydrogen-bond donors (Lipinski definition) is 1.